The highest BCUT2D eigenvalue weighted by Crippen LogP contribution is 2.48. The van der Waals surface area contributed by atoms with Crippen molar-refractivity contribution in [1.82, 2.24) is 15.1 Å². The number of amides is 2. The maximum absolute atomic E-state index is 14.5. The largest absolute Gasteiger partial charge is 0.383 e. The molecule has 0 aliphatic carbocycles. The minimum atomic E-state index is -0.398. The topological polar surface area (TPSA) is 76.5 Å². The number of anilines is 1. The standard InChI is InChI=1S/C31H31FN4O3S/c1-20-9-7-14-25(21(20)2)36-31-28(29(34-36)22-10-5-4-6-11-22)30(23-12-8-13-24(32)17-23)40-19-27(38)35(31)18-26(37)33-15-16-39-3/h4-14,17,30H,15-16,18-19H2,1-3H3,(H,33,37). The molecule has 1 N–H and O–H groups in total. The number of hydrogen-bond acceptors (Lipinski definition) is 5. The number of hydrogen-bond donors (Lipinski definition) is 1. The van der Waals surface area contributed by atoms with Crippen molar-refractivity contribution >= 4 is 29.4 Å². The Bertz CT molecular complexity index is 1540. The molecule has 0 saturated heterocycles. The summed E-state index contributed by atoms with van der Waals surface area (Å²) in [5, 5.41) is 7.53. The Morgan fingerprint density at radius 1 is 1.10 bits per heavy atom. The van der Waals surface area contributed by atoms with Crippen molar-refractivity contribution in [3.8, 4) is 16.9 Å². The Morgan fingerprint density at radius 2 is 1.88 bits per heavy atom. The van der Waals surface area contributed by atoms with Gasteiger partial charge in [0.2, 0.25) is 11.8 Å². The highest BCUT2D eigenvalue weighted by atomic mass is 32.2. The summed E-state index contributed by atoms with van der Waals surface area (Å²) in [6.45, 7) is 4.55. The number of nitrogens with one attached hydrogen (secondary N) is 1. The number of ether oxygens (including phenoxy) is 1. The molecule has 1 aromatic heterocycles. The van der Waals surface area contributed by atoms with Crippen molar-refractivity contribution < 1.29 is 18.7 Å². The number of halogens is 1. The third-order valence-electron chi connectivity index (χ3n) is 7.02. The van der Waals surface area contributed by atoms with Crippen LogP contribution in [0.4, 0.5) is 10.2 Å². The van der Waals surface area contributed by atoms with E-state index < -0.39 is 5.25 Å². The number of fused-ring (bicyclic) bond motifs is 1. The number of aromatic nitrogens is 2. The average molecular weight is 559 g/mol. The molecule has 0 fully saturated rings. The van der Waals surface area contributed by atoms with Crippen LogP contribution in [0.15, 0.2) is 72.8 Å². The Labute approximate surface area is 237 Å². The van der Waals surface area contributed by atoms with E-state index in [1.54, 1.807) is 17.9 Å². The van der Waals surface area contributed by atoms with Gasteiger partial charge in [-0.1, -0.05) is 54.6 Å². The van der Waals surface area contributed by atoms with Gasteiger partial charge in [0.25, 0.3) is 0 Å². The molecular weight excluding hydrogens is 527 g/mol. The Balaban J connectivity index is 1.78. The summed E-state index contributed by atoms with van der Waals surface area (Å²) >= 11 is 1.41. The van der Waals surface area contributed by atoms with Crippen LogP contribution >= 0.6 is 11.8 Å². The fourth-order valence-electron chi connectivity index (χ4n) is 4.89. The molecule has 0 spiro atoms. The molecule has 5 rings (SSSR count). The predicted molar refractivity (Wildman–Crippen MR) is 156 cm³/mol. The van der Waals surface area contributed by atoms with Gasteiger partial charge in [-0.3, -0.25) is 14.5 Å². The number of carbonyl (C=O) groups is 2. The second kappa shape index (κ2) is 12.1. The summed E-state index contributed by atoms with van der Waals surface area (Å²) in [4.78, 5) is 28.3. The first kappa shape index (κ1) is 27.6. The van der Waals surface area contributed by atoms with Crippen molar-refractivity contribution in [2.24, 2.45) is 0 Å². The summed E-state index contributed by atoms with van der Waals surface area (Å²) < 4.78 is 21.3. The van der Waals surface area contributed by atoms with Crippen molar-refractivity contribution in [2.45, 2.75) is 19.1 Å². The first-order chi connectivity index (χ1) is 19.4. The van der Waals surface area contributed by atoms with Gasteiger partial charge in [-0.15, -0.1) is 11.8 Å². The number of nitrogens with zero attached hydrogens (tertiary/aromatic N) is 3. The molecule has 1 aliphatic heterocycles. The van der Waals surface area contributed by atoms with Crippen molar-refractivity contribution in [3.05, 3.63) is 101 Å². The lowest BCUT2D eigenvalue weighted by atomic mass is 9.99. The molecule has 0 bridgehead atoms. The van der Waals surface area contributed by atoms with Crippen LogP contribution in [-0.4, -0.2) is 54.2 Å². The van der Waals surface area contributed by atoms with E-state index in [2.05, 4.69) is 5.32 Å². The molecule has 1 atom stereocenters. The lowest BCUT2D eigenvalue weighted by molar-refractivity contribution is -0.123. The summed E-state index contributed by atoms with van der Waals surface area (Å²) in [5.74, 6) is -0.257. The van der Waals surface area contributed by atoms with Gasteiger partial charge in [0.15, 0.2) is 0 Å². The van der Waals surface area contributed by atoms with Crippen LogP contribution < -0.4 is 10.2 Å². The number of aryl methyl sites for hydroxylation is 1. The van der Waals surface area contributed by atoms with Gasteiger partial charge >= 0.3 is 0 Å². The average Bonchev–Trinajstić information content (AvgIpc) is 3.27. The molecule has 4 aromatic rings. The van der Waals surface area contributed by atoms with Crippen LogP contribution in [0, 0.1) is 19.7 Å². The second-order valence-corrected chi connectivity index (χ2v) is 10.7. The molecule has 2 heterocycles. The first-order valence-corrected chi connectivity index (χ1v) is 14.1. The Morgan fingerprint density at radius 3 is 2.62 bits per heavy atom. The van der Waals surface area contributed by atoms with E-state index in [1.165, 1.54) is 28.8 Å². The highest BCUT2D eigenvalue weighted by molar-refractivity contribution is 8.00. The Hall–Kier alpha value is -3.95. The second-order valence-electron chi connectivity index (χ2n) is 9.65. The molecule has 40 heavy (non-hydrogen) atoms. The lowest BCUT2D eigenvalue weighted by Crippen LogP contribution is -2.43. The zero-order valence-corrected chi connectivity index (χ0v) is 23.5. The fraction of sp³-hybridized carbons (Fsp3) is 0.258. The van der Waals surface area contributed by atoms with E-state index >= 15 is 0 Å². The molecule has 7 nitrogen and oxygen atoms in total. The molecule has 0 radical (unpaired) electrons. The summed E-state index contributed by atoms with van der Waals surface area (Å²) in [6.07, 6.45) is 0. The summed E-state index contributed by atoms with van der Waals surface area (Å²) in [6, 6.07) is 22.1. The van der Waals surface area contributed by atoms with E-state index in [0.29, 0.717) is 24.7 Å². The molecule has 0 saturated carbocycles. The maximum Gasteiger partial charge on any atom is 0.240 e. The zero-order chi connectivity index (χ0) is 28.2. The molecule has 9 heteroatoms. The van der Waals surface area contributed by atoms with Gasteiger partial charge < -0.3 is 10.1 Å². The van der Waals surface area contributed by atoms with Crippen LogP contribution in [-0.2, 0) is 14.3 Å². The highest BCUT2D eigenvalue weighted by Gasteiger charge is 2.38. The lowest BCUT2D eigenvalue weighted by Gasteiger charge is -2.24. The predicted octanol–water partition coefficient (Wildman–Crippen LogP) is 5.23. The van der Waals surface area contributed by atoms with E-state index in [0.717, 1.165) is 33.5 Å². The molecule has 2 amide bonds. The summed E-state index contributed by atoms with van der Waals surface area (Å²) in [7, 11) is 1.56. The smallest absolute Gasteiger partial charge is 0.240 e. The third kappa shape index (κ3) is 5.52. The first-order valence-electron chi connectivity index (χ1n) is 13.1. The number of rotatable bonds is 8. The van der Waals surface area contributed by atoms with Gasteiger partial charge in [-0.25, -0.2) is 9.07 Å². The number of benzene rings is 3. The zero-order valence-electron chi connectivity index (χ0n) is 22.7. The van der Waals surface area contributed by atoms with E-state index in [-0.39, 0.29) is 29.9 Å². The number of carbonyl (C=O) groups excluding carboxylic acids is 2. The van der Waals surface area contributed by atoms with E-state index in [4.69, 9.17) is 9.84 Å². The van der Waals surface area contributed by atoms with E-state index in [1.807, 2.05) is 68.4 Å². The van der Waals surface area contributed by atoms with Gasteiger partial charge in [0.05, 0.1) is 29.0 Å². The van der Waals surface area contributed by atoms with Crippen LogP contribution in [0.5, 0.6) is 0 Å². The maximum atomic E-state index is 14.5. The van der Waals surface area contributed by atoms with Crippen molar-refractivity contribution in [2.75, 3.05) is 37.5 Å². The minimum Gasteiger partial charge on any atom is -0.383 e. The Kier molecular flexibility index (Phi) is 8.32. The number of methoxy groups -OCH3 is 1. The van der Waals surface area contributed by atoms with Crippen LogP contribution in [0.3, 0.4) is 0 Å². The van der Waals surface area contributed by atoms with Crippen molar-refractivity contribution in [3.63, 3.8) is 0 Å². The van der Waals surface area contributed by atoms with E-state index in [9.17, 15) is 14.0 Å². The summed E-state index contributed by atoms with van der Waals surface area (Å²) in [5.41, 5.74) is 5.91. The van der Waals surface area contributed by atoms with Gasteiger partial charge in [0.1, 0.15) is 18.2 Å². The van der Waals surface area contributed by atoms with Gasteiger partial charge in [-0.05, 0) is 48.7 Å². The minimum absolute atomic E-state index is 0.113. The molecule has 1 aliphatic rings. The number of thioether (sulfide) groups is 1. The monoisotopic (exact) mass is 558 g/mol. The van der Waals surface area contributed by atoms with Gasteiger partial charge in [-0.2, -0.15) is 5.10 Å². The fourth-order valence-corrected chi connectivity index (χ4v) is 6.07. The SMILES string of the molecule is COCCNC(=O)CN1C(=O)CSC(c2cccc(F)c2)c2c(-c3ccccc3)nn(-c3cccc(C)c3C)c21. The van der Waals surface area contributed by atoms with Crippen LogP contribution in [0.2, 0.25) is 0 Å². The molecule has 1 unspecified atom stereocenters. The van der Waals surface area contributed by atoms with Crippen LogP contribution in [0.25, 0.3) is 16.9 Å². The molecule has 206 valence electrons. The van der Waals surface area contributed by atoms with Crippen LogP contribution in [0.1, 0.15) is 27.5 Å². The normalized spacial score (nSPS) is 15.1. The molecule has 3 aromatic carbocycles. The quantitative estimate of drug-likeness (QED) is 0.300. The van der Waals surface area contributed by atoms with Crippen molar-refractivity contribution in [1.29, 1.82) is 0 Å². The third-order valence-corrected chi connectivity index (χ3v) is 8.28. The molecular formula is C31H31FN4O3S. The van der Waals surface area contributed by atoms with Gasteiger partial charge in [0, 0.05) is 24.8 Å².